The summed E-state index contributed by atoms with van der Waals surface area (Å²) in [7, 11) is 0. The van der Waals surface area contributed by atoms with E-state index in [1.165, 1.54) is 0 Å². The van der Waals surface area contributed by atoms with Crippen molar-refractivity contribution in [3.63, 3.8) is 0 Å². The van der Waals surface area contributed by atoms with Gasteiger partial charge in [0.2, 0.25) is 0 Å². The minimum Gasteiger partial charge on any atom is -0.438 e. The lowest BCUT2D eigenvalue weighted by Gasteiger charge is -1.97. The molecule has 0 saturated heterocycles. The molecule has 0 radical (unpaired) electrons. The van der Waals surface area contributed by atoms with Gasteiger partial charge in [-0.2, -0.15) is 0 Å². The zero-order valence-corrected chi connectivity index (χ0v) is 6.91. The molecule has 1 unspecified atom stereocenters. The monoisotopic (exact) mass is 186 g/mol. The first kappa shape index (κ1) is 7.71. The second-order valence-corrected chi connectivity index (χ2v) is 2.81. The van der Waals surface area contributed by atoms with Gasteiger partial charge >= 0.3 is 5.75 Å². The average Bonchev–Trinajstić information content (AvgIpc) is 2.43. The number of ether oxygens (including phenoxy) is 2. The Morgan fingerprint density at radius 1 is 1.33 bits per heavy atom. The van der Waals surface area contributed by atoms with Crippen LogP contribution in [-0.4, -0.2) is 10.9 Å². The Balaban J connectivity index is 2.35. The van der Waals surface area contributed by atoms with Crippen molar-refractivity contribution in [1.29, 1.82) is 0 Å². The van der Waals surface area contributed by atoms with Crippen LogP contribution in [-0.2, 0) is 6.61 Å². The van der Waals surface area contributed by atoms with E-state index in [0.29, 0.717) is 11.5 Å². The first-order chi connectivity index (χ1) is 5.79. The van der Waals surface area contributed by atoms with Gasteiger partial charge in [0.05, 0.1) is 6.61 Å². The Labute approximate surface area is 74.5 Å². The number of benzene rings is 1. The van der Waals surface area contributed by atoms with Gasteiger partial charge < -0.3 is 14.6 Å². The van der Waals surface area contributed by atoms with E-state index in [-0.39, 0.29) is 6.61 Å². The molecule has 1 aromatic rings. The lowest BCUT2D eigenvalue weighted by Crippen LogP contribution is -2.07. The summed E-state index contributed by atoms with van der Waals surface area (Å²) in [5, 5.41) is 8.81. The van der Waals surface area contributed by atoms with Crippen LogP contribution in [0.2, 0.25) is 0 Å². The van der Waals surface area contributed by atoms with Gasteiger partial charge in [0.15, 0.2) is 11.5 Å². The van der Waals surface area contributed by atoms with E-state index in [2.05, 4.69) is 0 Å². The highest BCUT2D eigenvalue weighted by Gasteiger charge is 2.21. The largest absolute Gasteiger partial charge is 0.438 e. The van der Waals surface area contributed by atoms with Crippen molar-refractivity contribution < 1.29 is 14.6 Å². The third-order valence-corrected chi connectivity index (χ3v) is 1.81. The minimum absolute atomic E-state index is 0.0103. The van der Waals surface area contributed by atoms with Crippen LogP contribution in [0.1, 0.15) is 5.56 Å². The molecule has 0 saturated carbocycles. The van der Waals surface area contributed by atoms with Crippen molar-refractivity contribution in [2.24, 2.45) is 0 Å². The molecular weight excluding hydrogens is 180 g/mol. The van der Waals surface area contributed by atoms with E-state index >= 15 is 0 Å². The number of rotatable bonds is 1. The zero-order chi connectivity index (χ0) is 8.55. The molecule has 12 heavy (non-hydrogen) atoms. The maximum atomic E-state index is 8.81. The quantitative estimate of drug-likeness (QED) is 0.676. The topological polar surface area (TPSA) is 38.7 Å². The SMILES string of the molecule is OCc1ccc2c(c1)OC(Cl)O2. The molecule has 2 rings (SSSR count). The van der Waals surface area contributed by atoms with Gasteiger partial charge in [-0.3, -0.25) is 0 Å². The second kappa shape index (κ2) is 2.84. The molecule has 0 fully saturated rings. The molecule has 1 atom stereocenters. The Morgan fingerprint density at radius 3 is 2.83 bits per heavy atom. The molecule has 0 spiro atoms. The summed E-state index contributed by atoms with van der Waals surface area (Å²) in [6.45, 7) is -0.0103. The van der Waals surface area contributed by atoms with E-state index in [9.17, 15) is 0 Å². The normalized spacial score (nSPS) is 19.7. The summed E-state index contributed by atoms with van der Waals surface area (Å²) in [5.74, 6) is 0.461. The van der Waals surface area contributed by atoms with Crippen molar-refractivity contribution in [2.45, 2.75) is 12.4 Å². The number of aliphatic hydroxyl groups is 1. The van der Waals surface area contributed by atoms with Crippen LogP contribution in [0, 0.1) is 0 Å². The molecule has 0 aliphatic carbocycles. The fourth-order valence-corrected chi connectivity index (χ4v) is 1.26. The fraction of sp³-hybridized carbons (Fsp3) is 0.250. The molecule has 1 aromatic carbocycles. The third kappa shape index (κ3) is 1.21. The van der Waals surface area contributed by atoms with Crippen molar-refractivity contribution in [1.82, 2.24) is 0 Å². The smallest absolute Gasteiger partial charge is 0.322 e. The van der Waals surface area contributed by atoms with Crippen LogP contribution in [0.5, 0.6) is 11.5 Å². The highest BCUT2D eigenvalue weighted by molar-refractivity contribution is 6.19. The molecule has 0 amide bonds. The lowest BCUT2D eigenvalue weighted by atomic mass is 10.2. The average molecular weight is 187 g/mol. The highest BCUT2D eigenvalue weighted by Crippen LogP contribution is 2.36. The predicted octanol–water partition coefficient (Wildman–Crippen LogP) is 1.47. The van der Waals surface area contributed by atoms with Crippen LogP contribution in [0.4, 0.5) is 0 Å². The van der Waals surface area contributed by atoms with Gasteiger partial charge in [-0.15, -0.1) is 0 Å². The van der Waals surface area contributed by atoms with E-state index in [0.717, 1.165) is 5.56 Å². The molecule has 3 nitrogen and oxygen atoms in total. The number of halogens is 1. The summed E-state index contributed by atoms with van der Waals surface area (Å²) in [6.07, 6.45) is 0. The van der Waals surface area contributed by atoms with Gasteiger partial charge in [-0.1, -0.05) is 6.07 Å². The molecule has 0 aromatic heterocycles. The highest BCUT2D eigenvalue weighted by atomic mass is 35.5. The van der Waals surface area contributed by atoms with Crippen molar-refractivity contribution >= 4 is 11.6 Å². The number of hydrogen-bond donors (Lipinski definition) is 1. The number of hydrogen-bond acceptors (Lipinski definition) is 3. The van der Waals surface area contributed by atoms with Gasteiger partial charge in [-0.05, 0) is 29.3 Å². The maximum Gasteiger partial charge on any atom is 0.322 e. The first-order valence-corrected chi connectivity index (χ1v) is 3.94. The summed E-state index contributed by atoms with van der Waals surface area (Å²) in [6, 6.07) is 5.19. The molecule has 4 heteroatoms. The Bertz CT molecular complexity index is 300. The van der Waals surface area contributed by atoms with Crippen molar-refractivity contribution in [3.8, 4) is 11.5 Å². The van der Waals surface area contributed by atoms with Crippen LogP contribution in [0.3, 0.4) is 0 Å². The fourth-order valence-electron chi connectivity index (χ4n) is 1.06. The van der Waals surface area contributed by atoms with E-state index in [1.807, 2.05) is 0 Å². The molecule has 1 aliphatic rings. The van der Waals surface area contributed by atoms with Crippen molar-refractivity contribution in [2.75, 3.05) is 0 Å². The van der Waals surface area contributed by atoms with Gasteiger partial charge in [0.1, 0.15) is 0 Å². The van der Waals surface area contributed by atoms with Crippen molar-refractivity contribution in [3.05, 3.63) is 23.8 Å². The Hall–Kier alpha value is -0.930. The van der Waals surface area contributed by atoms with E-state index < -0.39 is 5.75 Å². The van der Waals surface area contributed by atoms with Gasteiger partial charge in [0, 0.05) is 0 Å². The summed E-state index contributed by atoms with van der Waals surface area (Å²) in [5.41, 5.74) is 0.781. The number of aliphatic hydroxyl groups excluding tert-OH is 1. The lowest BCUT2D eigenvalue weighted by molar-refractivity contribution is 0.128. The minimum atomic E-state index is -0.742. The van der Waals surface area contributed by atoms with E-state index in [1.54, 1.807) is 18.2 Å². The predicted molar refractivity (Wildman–Crippen MR) is 43.3 cm³/mol. The van der Waals surface area contributed by atoms with Crippen LogP contribution in [0.25, 0.3) is 0 Å². The summed E-state index contributed by atoms with van der Waals surface area (Å²) >= 11 is 5.57. The Kier molecular flexibility index (Phi) is 1.83. The van der Waals surface area contributed by atoms with Crippen LogP contribution < -0.4 is 9.47 Å². The standard InChI is InChI=1S/C8H7ClO3/c9-8-11-6-2-1-5(4-10)3-7(6)12-8/h1-3,8,10H,4H2. The van der Waals surface area contributed by atoms with Gasteiger partial charge in [-0.25, -0.2) is 0 Å². The maximum absolute atomic E-state index is 8.81. The third-order valence-electron chi connectivity index (χ3n) is 1.63. The van der Waals surface area contributed by atoms with E-state index in [4.69, 9.17) is 26.2 Å². The molecule has 64 valence electrons. The number of fused-ring (bicyclic) bond motifs is 1. The van der Waals surface area contributed by atoms with Crippen LogP contribution >= 0.6 is 11.6 Å². The zero-order valence-electron chi connectivity index (χ0n) is 6.16. The second-order valence-electron chi connectivity index (χ2n) is 2.45. The Morgan fingerprint density at radius 2 is 2.08 bits per heavy atom. The summed E-state index contributed by atoms with van der Waals surface area (Å²) in [4.78, 5) is 0. The molecule has 1 aliphatic heterocycles. The van der Waals surface area contributed by atoms with Crippen LogP contribution in [0.15, 0.2) is 18.2 Å². The first-order valence-electron chi connectivity index (χ1n) is 3.51. The summed E-state index contributed by atoms with van der Waals surface area (Å²) < 4.78 is 10.1. The molecular formula is C8H7ClO3. The molecule has 1 heterocycles. The number of alkyl halides is 1. The molecule has 0 bridgehead atoms. The molecule has 1 N–H and O–H groups in total. The van der Waals surface area contributed by atoms with Gasteiger partial charge in [0.25, 0.3) is 0 Å².